The third-order valence-electron chi connectivity index (χ3n) is 1.89. The second-order valence-corrected chi connectivity index (χ2v) is 3.04. The number of nitrogens with two attached hydrogens (primary N) is 1. The standard InChI is InChI=1S/C10H10N4O/c11-7-2-1-3-8(4-7)14-10(15)9-5-12-6-13-9/h1-6H,11H2,(H,12,13)(H,14,15). The topological polar surface area (TPSA) is 83.8 Å². The van der Waals surface area contributed by atoms with Crippen molar-refractivity contribution < 1.29 is 4.79 Å². The van der Waals surface area contributed by atoms with E-state index < -0.39 is 0 Å². The Bertz CT molecular complexity index is 464. The van der Waals surface area contributed by atoms with Gasteiger partial charge in [0.05, 0.1) is 12.5 Å². The second-order valence-electron chi connectivity index (χ2n) is 3.04. The molecule has 4 N–H and O–H groups in total. The number of carbonyl (C=O) groups excluding carboxylic acids is 1. The number of imidazole rings is 1. The highest BCUT2D eigenvalue weighted by Crippen LogP contribution is 2.12. The van der Waals surface area contributed by atoms with E-state index in [1.54, 1.807) is 24.3 Å². The van der Waals surface area contributed by atoms with E-state index in [4.69, 9.17) is 5.73 Å². The summed E-state index contributed by atoms with van der Waals surface area (Å²) in [6.45, 7) is 0. The molecule has 2 aromatic rings. The summed E-state index contributed by atoms with van der Waals surface area (Å²) in [7, 11) is 0. The maximum atomic E-state index is 11.6. The molecule has 0 radical (unpaired) electrons. The van der Waals surface area contributed by atoms with Crippen LogP contribution < -0.4 is 11.1 Å². The van der Waals surface area contributed by atoms with Crippen molar-refractivity contribution in [3.05, 3.63) is 42.5 Å². The van der Waals surface area contributed by atoms with Gasteiger partial charge in [0.15, 0.2) is 0 Å². The Morgan fingerprint density at radius 2 is 2.33 bits per heavy atom. The fraction of sp³-hybridized carbons (Fsp3) is 0. The molecule has 2 rings (SSSR count). The fourth-order valence-electron chi connectivity index (χ4n) is 1.19. The molecule has 15 heavy (non-hydrogen) atoms. The zero-order valence-electron chi connectivity index (χ0n) is 7.90. The number of nitrogens with one attached hydrogen (secondary N) is 2. The van der Waals surface area contributed by atoms with Crippen molar-refractivity contribution in [1.82, 2.24) is 9.97 Å². The number of hydrogen-bond donors (Lipinski definition) is 3. The van der Waals surface area contributed by atoms with Gasteiger partial charge in [0.2, 0.25) is 0 Å². The molecule has 0 aliphatic rings. The number of anilines is 2. The van der Waals surface area contributed by atoms with E-state index in [9.17, 15) is 4.79 Å². The van der Waals surface area contributed by atoms with Crippen LogP contribution in [0.3, 0.4) is 0 Å². The molecule has 0 saturated carbocycles. The van der Waals surface area contributed by atoms with E-state index in [-0.39, 0.29) is 5.91 Å². The van der Waals surface area contributed by atoms with Crippen molar-refractivity contribution in [1.29, 1.82) is 0 Å². The predicted molar refractivity (Wildman–Crippen MR) is 57.4 cm³/mol. The van der Waals surface area contributed by atoms with Crippen LogP contribution in [-0.4, -0.2) is 15.9 Å². The number of hydrogen-bond acceptors (Lipinski definition) is 3. The van der Waals surface area contributed by atoms with Gasteiger partial charge in [-0.25, -0.2) is 4.98 Å². The van der Waals surface area contributed by atoms with Gasteiger partial charge in [-0.05, 0) is 18.2 Å². The molecule has 0 spiro atoms. The fourth-order valence-corrected chi connectivity index (χ4v) is 1.19. The van der Waals surface area contributed by atoms with Crippen LogP contribution in [0.1, 0.15) is 10.5 Å². The first-order valence-corrected chi connectivity index (χ1v) is 4.41. The Labute approximate surface area is 86.3 Å². The van der Waals surface area contributed by atoms with Gasteiger partial charge < -0.3 is 16.0 Å². The van der Waals surface area contributed by atoms with Gasteiger partial charge >= 0.3 is 0 Å². The number of aromatic amines is 1. The van der Waals surface area contributed by atoms with Gasteiger partial charge in [-0.2, -0.15) is 0 Å². The molecule has 1 amide bonds. The van der Waals surface area contributed by atoms with Crippen molar-refractivity contribution in [3.63, 3.8) is 0 Å². The lowest BCUT2D eigenvalue weighted by Gasteiger charge is -2.03. The van der Waals surface area contributed by atoms with E-state index in [1.807, 2.05) is 0 Å². The van der Waals surface area contributed by atoms with Crippen molar-refractivity contribution >= 4 is 17.3 Å². The van der Waals surface area contributed by atoms with Crippen LogP contribution in [0.15, 0.2) is 36.8 Å². The normalized spacial score (nSPS) is 9.87. The number of carbonyl (C=O) groups is 1. The molecule has 5 heteroatoms. The van der Waals surface area contributed by atoms with Gasteiger partial charge in [0.1, 0.15) is 5.69 Å². The highest BCUT2D eigenvalue weighted by atomic mass is 16.1. The first-order valence-electron chi connectivity index (χ1n) is 4.41. The summed E-state index contributed by atoms with van der Waals surface area (Å²) < 4.78 is 0. The Morgan fingerprint density at radius 3 is 3.00 bits per heavy atom. The maximum Gasteiger partial charge on any atom is 0.273 e. The van der Waals surface area contributed by atoms with Gasteiger partial charge in [-0.3, -0.25) is 4.79 Å². The van der Waals surface area contributed by atoms with Crippen LogP contribution in [0.4, 0.5) is 11.4 Å². The van der Waals surface area contributed by atoms with Crippen LogP contribution in [-0.2, 0) is 0 Å². The minimum atomic E-state index is -0.238. The van der Waals surface area contributed by atoms with Crippen LogP contribution in [0, 0.1) is 0 Å². The van der Waals surface area contributed by atoms with Crippen LogP contribution in [0.25, 0.3) is 0 Å². The van der Waals surface area contributed by atoms with E-state index in [2.05, 4.69) is 15.3 Å². The van der Waals surface area contributed by atoms with Crippen molar-refractivity contribution in [2.75, 3.05) is 11.1 Å². The zero-order chi connectivity index (χ0) is 10.7. The highest BCUT2D eigenvalue weighted by molar-refractivity contribution is 6.02. The largest absolute Gasteiger partial charge is 0.399 e. The molecule has 0 unspecified atom stereocenters. The van der Waals surface area contributed by atoms with Crippen LogP contribution in [0.5, 0.6) is 0 Å². The Hall–Kier alpha value is -2.30. The molecule has 76 valence electrons. The monoisotopic (exact) mass is 202 g/mol. The maximum absolute atomic E-state index is 11.6. The Balaban J connectivity index is 2.13. The van der Waals surface area contributed by atoms with E-state index in [0.717, 1.165) is 0 Å². The van der Waals surface area contributed by atoms with Crippen LogP contribution in [0.2, 0.25) is 0 Å². The van der Waals surface area contributed by atoms with Crippen molar-refractivity contribution in [3.8, 4) is 0 Å². The highest BCUT2D eigenvalue weighted by Gasteiger charge is 2.06. The first kappa shape index (κ1) is 9.26. The molecule has 5 nitrogen and oxygen atoms in total. The SMILES string of the molecule is Nc1cccc(NC(=O)c2cnc[nH]2)c1. The molecule has 1 aromatic heterocycles. The third kappa shape index (κ3) is 2.14. The summed E-state index contributed by atoms with van der Waals surface area (Å²) in [5.74, 6) is -0.238. The molecule has 1 heterocycles. The average molecular weight is 202 g/mol. The molecule has 1 aromatic carbocycles. The van der Waals surface area contributed by atoms with E-state index >= 15 is 0 Å². The van der Waals surface area contributed by atoms with E-state index in [1.165, 1.54) is 12.5 Å². The Kier molecular flexibility index (Phi) is 2.37. The van der Waals surface area contributed by atoms with Gasteiger partial charge in [-0.1, -0.05) is 6.07 Å². The number of aromatic nitrogens is 2. The number of nitrogens with zero attached hydrogens (tertiary/aromatic N) is 1. The number of nitrogen functional groups attached to an aromatic ring is 1. The minimum Gasteiger partial charge on any atom is -0.399 e. The number of H-pyrrole nitrogens is 1. The molecular weight excluding hydrogens is 192 g/mol. The predicted octanol–water partition coefficient (Wildman–Crippen LogP) is 1.24. The number of amides is 1. The summed E-state index contributed by atoms with van der Waals surface area (Å²) in [4.78, 5) is 18.0. The summed E-state index contributed by atoms with van der Waals surface area (Å²) in [5, 5.41) is 2.69. The average Bonchev–Trinajstić information content (AvgIpc) is 2.70. The first-order chi connectivity index (χ1) is 7.25. The molecule has 0 atom stereocenters. The molecule has 0 aliphatic heterocycles. The summed E-state index contributed by atoms with van der Waals surface area (Å²) in [6.07, 6.45) is 2.91. The summed E-state index contributed by atoms with van der Waals surface area (Å²) in [5.41, 5.74) is 7.27. The second kappa shape index (κ2) is 3.83. The quantitative estimate of drug-likeness (QED) is 0.640. The summed E-state index contributed by atoms with van der Waals surface area (Å²) in [6, 6.07) is 6.99. The molecule has 0 saturated heterocycles. The van der Waals surface area contributed by atoms with Crippen molar-refractivity contribution in [2.24, 2.45) is 0 Å². The zero-order valence-corrected chi connectivity index (χ0v) is 7.90. The smallest absolute Gasteiger partial charge is 0.273 e. The molecule has 0 fully saturated rings. The van der Waals surface area contributed by atoms with Crippen molar-refractivity contribution in [2.45, 2.75) is 0 Å². The van der Waals surface area contributed by atoms with Gasteiger partial charge in [0, 0.05) is 11.4 Å². The number of benzene rings is 1. The molecular formula is C10H10N4O. The van der Waals surface area contributed by atoms with Crippen LogP contribution >= 0.6 is 0 Å². The lowest BCUT2D eigenvalue weighted by atomic mass is 10.3. The van der Waals surface area contributed by atoms with Gasteiger partial charge in [-0.15, -0.1) is 0 Å². The third-order valence-corrected chi connectivity index (χ3v) is 1.89. The lowest BCUT2D eigenvalue weighted by Crippen LogP contribution is -2.12. The summed E-state index contributed by atoms with van der Waals surface area (Å²) >= 11 is 0. The Morgan fingerprint density at radius 1 is 1.47 bits per heavy atom. The minimum absolute atomic E-state index is 0.238. The molecule has 0 bridgehead atoms. The lowest BCUT2D eigenvalue weighted by molar-refractivity contribution is 0.102. The van der Waals surface area contributed by atoms with Gasteiger partial charge in [0.25, 0.3) is 5.91 Å². The number of rotatable bonds is 2. The van der Waals surface area contributed by atoms with E-state index in [0.29, 0.717) is 17.1 Å². The molecule has 0 aliphatic carbocycles.